The first-order valence-corrected chi connectivity index (χ1v) is 34.8. The van der Waals surface area contributed by atoms with Gasteiger partial charge in [0.1, 0.15) is 23.6 Å². The van der Waals surface area contributed by atoms with Crippen molar-refractivity contribution in [3.8, 4) is 23.7 Å². The van der Waals surface area contributed by atoms with Crippen LogP contribution in [0.5, 0.6) is 0 Å². The molecule has 1 saturated heterocycles. The van der Waals surface area contributed by atoms with Crippen LogP contribution in [0.2, 0.25) is 0 Å². The molecule has 0 aromatic heterocycles. The van der Waals surface area contributed by atoms with E-state index in [1.54, 1.807) is 6.08 Å². The predicted octanol–water partition coefficient (Wildman–Crippen LogP) is 9.79. The van der Waals surface area contributed by atoms with Crippen molar-refractivity contribution in [1.82, 2.24) is 5.32 Å². The number of nitrogens with one attached hydrogen (secondary N) is 1. The molecule has 10 fully saturated rings. The first kappa shape index (κ1) is 55.9. The first-order valence-electron chi connectivity index (χ1n) is 34.8. The summed E-state index contributed by atoms with van der Waals surface area (Å²) in [6.45, 7) is -0.139. The summed E-state index contributed by atoms with van der Waals surface area (Å²) in [5, 5.41) is 76.1. The van der Waals surface area contributed by atoms with E-state index in [-0.39, 0.29) is 84.4 Å². The summed E-state index contributed by atoms with van der Waals surface area (Å²) < 4.78 is 14.7. The van der Waals surface area contributed by atoms with Gasteiger partial charge in [0, 0.05) is 70.9 Å². The Bertz CT molecular complexity index is 3570. The van der Waals surface area contributed by atoms with Gasteiger partial charge in [-0.05, 0) is 233 Å². The van der Waals surface area contributed by atoms with Crippen LogP contribution in [0.15, 0.2) is 96.6 Å². The standard InChI is InChI=1S/C78H89NO9/c1-79-66-36-58-47(16-8-19-51(58)40-80)15-5-6-26-73-38-50-18-10-21-57-56(46-13-3-2-4-14-46)24-25-63-60(57)34-53-33-54-30-44-12-7-11-43(27-44)28-45-22-23-49(29-45)55-20-9-17-48-32-65-72(87-54)75(53,63)41-74(42-81)70(50)78(86,71(83)64(35-59(48)55)77(65,74)85)76(73,84)39-52-31-61(66)69-62(68(52)73)37-67(82)88-69/h2-4,7-9,11-14,16-17,19,27,37,42,45,48-50,52-57,59-61,63-66,68-72,79-80,83-86H,6,20-26,28-36,38-41H2,1H3. The number of benzene rings is 3. The monoisotopic (exact) mass is 1180 g/mol. The molecule has 19 bridgehead atoms. The Kier molecular flexibility index (Phi) is 12.6. The molecule has 28 atom stereocenters. The minimum Gasteiger partial charge on any atom is -0.454 e. The maximum Gasteiger partial charge on any atom is 0.331 e. The molecule has 10 heteroatoms. The van der Waals surface area contributed by atoms with E-state index in [4.69, 9.17) is 9.47 Å². The summed E-state index contributed by atoms with van der Waals surface area (Å²) in [5.41, 5.74) is -2.11. The number of fused-ring (bicyclic) bond motifs is 10. The Morgan fingerprint density at radius 2 is 1.64 bits per heavy atom. The van der Waals surface area contributed by atoms with E-state index in [1.165, 1.54) is 16.7 Å². The highest BCUT2D eigenvalue weighted by Gasteiger charge is 2.89. The minimum atomic E-state index is -2.35. The molecule has 3 aromatic carbocycles. The third-order valence-electron chi connectivity index (χ3n) is 29.6. The SMILES string of the molecule is CNC1Cc2c(cccc2CO)C#CCCC23CC4C#CCC5C(c6ccccc6)CCC6C5CC5CC7Cc8cccc(c8)CC8CCC(C8)C8CC=CC9CC%10C(O7)C56CC5(C=O)C4C(O)(C(O)C(CC98)C%105O)C2(O)CC2CC1C1OC(=O)C=C1C23. The van der Waals surface area contributed by atoms with Crippen LogP contribution in [0.1, 0.15) is 148 Å². The topological polar surface area (TPSA) is 166 Å². The molecule has 3 aliphatic heterocycles. The highest BCUT2D eigenvalue weighted by Crippen LogP contribution is 2.83. The van der Waals surface area contributed by atoms with E-state index < -0.39 is 86.9 Å². The van der Waals surface area contributed by atoms with Crippen molar-refractivity contribution in [3.05, 3.63) is 130 Å². The lowest BCUT2D eigenvalue weighted by atomic mass is 9.30. The molecule has 3 heterocycles. The van der Waals surface area contributed by atoms with Gasteiger partial charge >= 0.3 is 5.97 Å². The lowest BCUT2D eigenvalue weighted by Gasteiger charge is -2.77. The second-order valence-electron chi connectivity index (χ2n) is 32.1. The van der Waals surface area contributed by atoms with Crippen molar-refractivity contribution < 1.29 is 44.6 Å². The predicted molar refractivity (Wildman–Crippen MR) is 331 cm³/mol. The summed E-state index contributed by atoms with van der Waals surface area (Å²) in [5.74, 6) is 12.8. The Morgan fingerprint density at radius 3 is 2.48 bits per heavy atom. The van der Waals surface area contributed by atoms with Crippen LogP contribution in [0.25, 0.3) is 0 Å². The zero-order valence-corrected chi connectivity index (χ0v) is 51.2. The molecule has 19 rings (SSSR count). The largest absolute Gasteiger partial charge is 0.454 e. The zero-order valence-electron chi connectivity index (χ0n) is 51.2. The van der Waals surface area contributed by atoms with Crippen LogP contribution >= 0.6 is 0 Å². The van der Waals surface area contributed by atoms with Crippen LogP contribution in [0.4, 0.5) is 0 Å². The molecule has 9 saturated carbocycles. The molecule has 6 N–H and O–H groups in total. The number of aldehydes is 1. The van der Waals surface area contributed by atoms with E-state index >= 15 is 20.1 Å². The number of ether oxygens (including phenoxy) is 2. The number of carbonyl (C=O) groups excluding carboxylic acids is 2. The number of rotatable bonds is 4. The molecule has 13 aliphatic carbocycles. The molecule has 10 nitrogen and oxygen atoms in total. The Labute approximate surface area is 519 Å². The Hall–Kier alpha value is -4.88. The van der Waals surface area contributed by atoms with Crippen LogP contribution in [-0.4, -0.2) is 92.1 Å². The number of aliphatic hydroxyl groups excluding tert-OH is 2. The van der Waals surface area contributed by atoms with E-state index in [0.717, 1.165) is 92.8 Å². The molecule has 2 spiro atoms. The van der Waals surface area contributed by atoms with Crippen molar-refractivity contribution >= 4 is 12.3 Å². The second-order valence-corrected chi connectivity index (χ2v) is 32.1. The van der Waals surface area contributed by atoms with Gasteiger partial charge in [-0.2, -0.15) is 0 Å². The van der Waals surface area contributed by atoms with Crippen LogP contribution in [0.3, 0.4) is 0 Å². The van der Waals surface area contributed by atoms with Crippen molar-refractivity contribution in [2.24, 2.45) is 111 Å². The molecule has 16 aliphatic rings. The van der Waals surface area contributed by atoms with Gasteiger partial charge in [0.25, 0.3) is 0 Å². The Balaban J connectivity index is 0.891. The van der Waals surface area contributed by atoms with E-state index in [1.807, 2.05) is 25.2 Å². The van der Waals surface area contributed by atoms with Gasteiger partial charge in [-0.3, -0.25) is 0 Å². The number of allylic oxidation sites excluding steroid dienone is 2. The van der Waals surface area contributed by atoms with Gasteiger partial charge in [0.2, 0.25) is 0 Å². The van der Waals surface area contributed by atoms with E-state index in [0.29, 0.717) is 69.6 Å². The fourth-order valence-electron chi connectivity index (χ4n) is 27.0. The average molecular weight is 1180 g/mol. The van der Waals surface area contributed by atoms with Crippen molar-refractivity contribution in [2.75, 3.05) is 7.05 Å². The van der Waals surface area contributed by atoms with Crippen molar-refractivity contribution in [3.63, 3.8) is 0 Å². The number of hydrogen-bond donors (Lipinski definition) is 6. The highest BCUT2D eigenvalue weighted by molar-refractivity contribution is 5.86. The third kappa shape index (κ3) is 7.19. The molecule has 3 aromatic rings. The summed E-state index contributed by atoms with van der Waals surface area (Å²) in [7, 11) is 1.95. The lowest BCUT2D eigenvalue weighted by molar-refractivity contribution is -0.399. The number of esters is 1. The fourth-order valence-corrected chi connectivity index (χ4v) is 27.0. The number of carbonyl (C=O) groups is 2. The lowest BCUT2D eigenvalue weighted by Crippen LogP contribution is -2.88. The molecule has 88 heavy (non-hydrogen) atoms. The van der Waals surface area contributed by atoms with Crippen molar-refractivity contribution in [1.29, 1.82) is 0 Å². The molecular formula is C78H89NO9. The summed E-state index contributed by atoms with van der Waals surface area (Å²) in [6.07, 6.45) is 19.1. The highest BCUT2D eigenvalue weighted by atomic mass is 16.5. The van der Waals surface area contributed by atoms with E-state index in [2.05, 4.69) is 95.7 Å². The normalized spacial score (nSPS) is 50.7. The van der Waals surface area contributed by atoms with Crippen molar-refractivity contribution in [2.45, 2.75) is 188 Å². The second kappa shape index (κ2) is 19.8. The fraction of sp³-hybridized carbons (Fsp3) is 0.641. The van der Waals surface area contributed by atoms with Crippen LogP contribution in [-0.2, 0) is 44.9 Å². The van der Waals surface area contributed by atoms with Crippen LogP contribution in [0, 0.1) is 135 Å². The van der Waals surface area contributed by atoms with Gasteiger partial charge in [0.15, 0.2) is 0 Å². The minimum absolute atomic E-state index is 0.0574. The van der Waals surface area contributed by atoms with Gasteiger partial charge < -0.3 is 45.1 Å². The molecule has 28 unspecified atom stereocenters. The van der Waals surface area contributed by atoms with Gasteiger partial charge in [-0.15, -0.1) is 5.92 Å². The molecule has 460 valence electrons. The summed E-state index contributed by atoms with van der Waals surface area (Å²) in [6, 6.07) is 26.2. The number of hydrogen-bond acceptors (Lipinski definition) is 10. The van der Waals surface area contributed by atoms with Gasteiger partial charge in [-0.25, -0.2) is 4.79 Å². The third-order valence-corrected chi connectivity index (χ3v) is 29.6. The first-order chi connectivity index (χ1) is 42.8. The van der Waals surface area contributed by atoms with Gasteiger partial charge in [-0.1, -0.05) is 96.6 Å². The molecular weight excluding hydrogens is 1090 g/mol. The van der Waals surface area contributed by atoms with E-state index in [9.17, 15) is 15.0 Å². The molecule has 0 radical (unpaired) electrons. The Morgan fingerprint density at radius 1 is 0.784 bits per heavy atom. The quantitative estimate of drug-likeness (QED) is 0.0641. The molecule has 0 amide bonds. The zero-order chi connectivity index (χ0) is 59.4. The smallest absolute Gasteiger partial charge is 0.331 e. The maximum absolute atomic E-state index is 16.3. The van der Waals surface area contributed by atoms with Crippen LogP contribution < -0.4 is 5.32 Å². The number of likely N-dealkylation sites (N-methyl/N-ethyl adjacent to an activating group) is 1. The average Bonchev–Trinajstić information content (AvgIpc) is 0.788. The summed E-state index contributed by atoms with van der Waals surface area (Å²) >= 11 is 0. The van der Waals surface area contributed by atoms with Gasteiger partial charge in [0.05, 0.1) is 35.9 Å². The number of aliphatic hydroxyl groups is 5. The maximum atomic E-state index is 16.3. The summed E-state index contributed by atoms with van der Waals surface area (Å²) in [4.78, 5) is 30.6.